The van der Waals surface area contributed by atoms with Crippen LogP contribution < -0.4 is 5.76 Å². The Kier molecular flexibility index (Phi) is 4.74. The van der Waals surface area contributed by atoms with Crippen LogP contribution >= 0.6 is 11.6 Å². The minimum atomic E-state index is -0.400. The number of hydrogen-bond acceptors (Lipinski definition) is 3. The minimum Gasteiger partial charge on any atom is -0.408 e. The number of aromatic nitrogens is 1. The van der Waals surface area contributed by atoms with Crippen molar-refractivity contribution in [2.24, 2.45) is 0 Å². The van der Waals surface area contributed by atoms with Gasteiger partial charge in [0.05, 0.1) is 11.9 Å². The van der Waals surface area contributed by atoms with Crippen molar-refractivity contribution >= 4 is 28.6 Å². The monoisotopic (exact) mass is 388 g/mol. The lowest BCUT2D eigenvalue weighted by Gasteiger charge is -2.32. The number of likely N-dealkylation sites (tertiary alicyclic amines) is 1. The minimum absolute atomic E-state index is 0.00695. The summed E-state index contributed by atoms with van der Waals surface area (Å²) in [5, 5.41) is 0.545. The molecule has 3 aromatic rings. The molecule has 2 heterocycles. The van der Waals surface area contributed by atoms with Gasteiger partial charge in [0.2, 0.25) is 5.91 Å². The normalized spacial score (nSPS) is 15.4. The zero-order chi connectivity index (χ0) is 19.0. The molecule has 1 aliphatic rings. The Morgan fingerprint density at radius 2 is 1.85 bits per heavy atom. The van der Waals surface area contributed by atoms with E-state index < -0.39 is 5.76 Å². The first-order valence-corrected chi connectivity index (χ1v) is 9.22. The highest BCUT2D eigenvalue weighted by Crippen LogP contribution is 2.27. The maximum absolute atomic E-state index is 13.0. The fourth-order valence-electron chi connectivity index (χ4n) is 3.61. The molecule has 0 saturated carbocycles. The van der Waals surface area contributed by atoms with Gasteiger partial charge in [-0.05, 0) is 48.7 Å². The molecular weight excluding hydrogens is 371 g/mol. The van der Waals surface area contributed by atoms with Crippen molar-refractivity contribution in [3.63, 3.8) is 0 Å². The number of rotatable bonds is 3. The van der Waals surface area contributed by atoms with Crippen LogP contribution in [0.5, 0.6) is 0 Å². The van der Waals surface area contributed by atoms with Crippen molar-refractivity contribution in [3.8, 4) is 0 Å². The highest BCUT2D eigenvalue weighted by atomic mass is 35.5. The van der Waals surface area contributed by atoms with Gasteiger partial charge in [0.25, 0.3) is 0 Å². The van der Waals surface area contributed by atoms with E-state index in [0.717, 1.165) is 5.56 Å². The Morgan fingerprint density at radius 3 is 2.56 bits per heavy atom. The number of piperidine rings is 1. The molecule has 0 radical (unpaired) electrons. The van der Waals surface area contributed by atoms with Gasteiger partial charge in [-0.3, -0.25) is 9.36 Å². The fraction of sp³-hybridized carbons (Fsp3) is 0.300. The number of fused-ring (bicyclic) bond motifs is 1. The summed E-state index contributed by atoms with van der Waals surface area (Å²) in [6, 6.07) is 11.0. The summed E-state index contributed by atoms with van der Waals surface area (Å²) < 4.78 is 19.9. The predicted molar refractivity (Wildman–Crippen MR) is 100 cm³/mol. The average molecular weight is 389 g/mol. The van der Waals surface area contributed by atoms with Crippen LogP contribution in [0.15, 0.2) is 51.7 Å². The van der Waals surface area contributed by atoms with E-state index in [2.05, 4.69) is 0 Å². The van der Waals surface area contributed by atoms with Crippen LogP contribution in [0.1, 0.15) is 24.4 Å². The number of hydrogen-bond donors (Lipinski definition) is 0. The summed E-state index contributed by atoms with van der Waals surface area (Å²) >= 11 is 6.06. The Balaban J connectivity index is 1.45. The highest BCUT2D eigenvalue weighted by molar-refractivity contribution is 6.31. The van der Waals surface area contributed by atoms with Crippen molar-refractivity contribution < 1.29 is 13.6 Å². The third-order valence-corrected chi connectivity index (χ3v) is 5.26. The summed E-state index contributed by atoms with van der Waals surface area (Å²) in [5.41, 5.74) is 1.98. The molecular formula is C20H18ClFN2O3. The van der Waals surface area contributed by atoms with E-state index in [1.165, 1.54) is 12.1 Å². The predicted octanol–water partition coefficient (Wildman–Crippen LogP) is 3.79. The molecule has 0 bridgehead atoms. The number of benzene rings is 2. The summed E-state index contributed by atoms with van der Waals surface area (Å²) in [4.78, 5) is 26.6. The van der Waals surface area contributed by atoms with Gasteiger partial charge in [-0.25, -0.2) is 9.18 Å². The molecule has 1 aliphatic heterocycles. The SMILES string of the molecule is O=C(Cc1ccc(F)cc1)N1CCC(n2c(=O)oc3ccc(Cl)cc32)CC1. The largest absolute Gasteiger partial charge is 0.420 e. The molecule has 27 heavy (non-hydrogen) atoms. The van der Waals surface area contributed by atoms with Gasteiger partial charge >= 0.3 is 5.76 Å². The summed E-state index contributed by atoms with van der Waals surface area (Å²) in [6.45, 7) is 1.12. The first-order chi connectivity index (χ1) is 13.0. The molecule has 0 N–H and O–H groups in total. The Bertz CT molecular complexity index is 1030. The first kappa shape index (κ1) is 17.8. The summed E-state index contributed by atoms with van der Waals surface area (Å²) in [5.74, 6) is -0.708. The standard InChI is InChI=1S/C20H18ClFN2O3/c21-14-3-6-18-17(12-14)24(20(26)27-18)16-7-9-23(10-8-16)19(25)11-13-1-4-15(22)5-2-13/h1-6,12,16H,7-11H2. The number of nitrogens with zero attached hydrogens (tertiary/aromatic N) is 2. The van der Waals surface area contributed by atoms with Crippen molar-refractivity contribution in [2.75, 3.05) is 13.1 Å². The third-order valence-electron chi connectivity index (χ3n) is 5.03. The Labute approximate surface area is 159 Å². The highest BCUT2D eigenvalue weighted by Gasteiger charge is 2.26. The van der Waals surface area contributed by atoms with E-state index in [1.54, 1.807) is 39.8 Å². The van der Waals surface area contributed by atoms with Crippen molar-refractivity contribution in [1.82, 2.24) is 9.47 Å². The second-order valence-corrected chi connectivity index (χ2v) is 7.20. The van der Waals surface area contributed by atoms with Gasteiger partial charge in [-0.15, -0.1) is 0 Å². The molecule has 1 saturated heterocycles. The number of oxazole rings is 1. The molecule has 7 heteroatoms. The van der Waals surface area contributed by atoms with Crippen LogP contribution in [0.3, 0.4) is 0 Å². The molecule has 0 unspecified atom stereocenters. The number of amides is 1. The second kappa shape index (κ2) is 7.19. The number of halogens is 2. The van der Waals surface area contributed by atoms with E-state index in [1.807, 2.05) is 0 Å². The average Bonchev–Trinajstić information content (AvgIpc) is 2.98. The molecule has 0 aliphatic carbocycles. The lowest BCUT2D eigenvalue weighted by molar-refractivity contribution is -0.131. The van der Waals surface area contributed by atoms with Gasteiger partial charge in [-0.1, -0.05) is 23.7 Å². The van der Waals surface area contributed by atoms with Crippen LogP contribution in [0, 0.1) is 5.82 Å². The maximum Gasteiger partial charge on any atom is 0.420 e. The van der Waals surface area contributed by atoms with Gasteiger partial charge in [-0.2, -0.15) is 0 Å². The number of carbonyl (C=O) groups excluding carboxylic acids is 1. The molecule has 4 rings (SSSR count). The maximum atomic E-state index is 13.0. The van der Waals surface area contributed by atoms with E-state index in [9.17, 15) is 14.0 Å². The lowest BCUT2D eigenvalue weighted by Crippen LogP contribution is -2.41. The molecule has 1 amide bonds. The summed E-state index contributed by atoms with van der Waals surface area (Å²) in [6.07, 6.45) is 1.57. The van der Waals surface area contributed by atoms with Crippen molar-refractivity contribution in [3.05, 3.63) is 69.4 Å². The van der Waals surface area contributed by atoms with E-state index >= 15 is 0 Å². The van der Waals surface area contributed by atoms with Gasteiger partial charge in [0.15, 0.2) is 5.58 Å². The smallest absolute Gasteiger partial charge is 0.408 e. The van der Waals surface area contributed by atoms with Crippen molar-refractivity contribution in [2.45, 2.75) is 25.3 Å². The first-order valence-electron chi connectivity index (χ1n) is 8.84. The van der Waals surface area contributed by atoms with Crippen LogP contribution in [-0.2, 0) is 11.2 Å². The van der Waals surface area contributed by atoms with E-state index in [-0.39, 0.29) is 24.2 Å². The Morgan fingerprint density at radius 1 is 1.15 bits per heavy atom. The zero-order valence-electron chi connectivity index (χ0n) is 14.5. The molecule has 140 valence electrons. The lowest BCUT2D eigenvalue weighted by atomic mass is 10.0. The van der Waals surface area contributed by atoms with E-state index in [0.29, 0.717) is 42.1 Å². The molecule has 1 aromatic heterocycles. The molecule has 0 atom stereocenters. The molecule has 1 fully saturated rings. The quantitative estimate of drug-likeness (QED) is 0.686. The fourth-order valence-corrected chi connectivity index (χ4v) is 3.78. The van der Waals surface area contributed by atoms with Gasteiger partial charge in [0, 0.05) is 24.2 Å². The topological polar surface area (TPSA) is 55.5 Å². The Hall–Kier alpha value is -2.60. The van der Waals surface area contributed by atoms with E-state index in [4.69, 9.17) is 16.0 Å². The van der Waals surface area contributed by atoms with Gasteiger partial charge in [0.1, 0.15) is 5.82 Å². The molecule has 0 spiro atoms. The van der Waals surface area contributed by atoms with Crippen LogP contribution in [0.25, 0.3) is 11.1 Å². The molecule has 5 nitrogen and oxygen atoms in total. The second-order valence-electron chi connectivity index (χ2n) is 6.77. The molecule has 2 aromatic carbocycles. The van der Waals surface area contributed by atoms with Crippen LogP contribution in [-0.4, -0.2) is 28.5 Å². The van der Waals surface area contributed by atoms with Gasteiger partial charge < -0.3 is 9.32 Å². The van der Waals surface area contributed by atoms with Crippen LogP contribution in [0.2, 0.25) is 5.02 Å². The summed E-state index contributed by atoms with van der Waals surface area (Å²) in [7, 11) is 0. The van der Waals surface area contributed by atoms with Crippen LogP contribution in [0.4, 0.5) is 4.39 Å². The number of carbonyl (C=O) groups is 1. The van der Waals surface area contributed by atoms with Crippen molar-refractivity contribution in [1.29, 1.82) is 0 Å². The third kappa shape index (κ3) is 3.62. The zero-order valence-corrected chi connectivity index (χ0v) is 15.3.